The van der Waals surface area contributed by atoms with E-state index in [0.29, 0.717) is 19.1 Å². The number of nitrogens with one attached hydrogen (secondary N) is 1. The largest absolute Gasteiger partial charge is 0.478 e. The van der Waals surface area contributed by atoms with E-state index in [0.717, 1.165) is 6.42 Å². The minimum Gasteiger partial charge on any atom is -0.478 e. The molecule has 15 heavy (non-hydrogen) atoms. The molecular weight excluding hydrogens is 198 g/mol. The molecule has 0 amide bonds. The van der Waals surface area contributed by atoms with Crippen LogP contribution in [0, 0.1) is 0 Å². The van der Waals surface area contributed by atoms with E-state index in [1.807, 2.05) is 0 Å². The van der Waals surface area contributed by atoms with E-state index in [4.69, 9.17) is 9.84 Å². The van der Waals surface area contributed by atoms with Gasteiger partial charge in [0.1, 0.15) is 0 Å². The van der Waals surface area contributed by atoms with E-state index in [9.17, 15) is 4.79 Å². The average molecular weight is 211 g/mol. The fourth-order valence-corrected chi connectivity index (χ4v) is 0.946. The first-order chi connectivity index (χ1) is 7.24. The maximum atomic E-state index is 10.5. The van der Waals surface area contributed by atoms with Crippen molar-refractivity contribution < 1.29 is 14.6 Å². The average Bonchev–Trinajstić information content (AvgIpc) is 2.25. The number of anilines is 1. The molecule has 6 nitrogen and oxygen atoms in total. The molecule has 0 spiro atoms. The summed E-state index contributed by atoms with van der Waals surface area (Å²) in [5.41, 5.74) is 0.0810. The Balaban J connectivity index is 2.39. The number of ether oxygens (including phenoxy) is 1. The molecule has 2 N–H and O–H groups in total. The molecular formula is C9H13N3O3. The second kappa shape index (κ2) is 5.92. The Kier molecular flexibility index (Phi) is 4.49. The van der Waals surface area contributed by atoms with E-state index in [1.165, 1.54) is 12.4 Å². The fourth-order valence-electron chi connectivity index (χ4n) is 0.946. The Hall–Kier alpha value is -1.69. The van der Waals surface area contributed by atoms with Crippen molar-refractivity contribution in [1.82, 2.24) is 9.97 Å². The third kappa shape index (κ3) is 3.90. The maximum Gasteiger partial charge on any atom is 0.338 e. The van der Waals surface area contributed by atoms with Crippen molar-refractivity contribution >= 4 is 11.9 Å². The van der Waals surface area contributed by atoms with Crippen LogP contribution in [0.5, 0.6) is 0 Å². The van der Waals surface area contributed by atoms with Gasteiger partial charge >= 0.3 is 5.97 Å². The second-order valence-electron chi connectivity index (χ2n) is 2.87. The van der Waals surface area contributed by atoms with Gasteiger partial charge in [-0.15, -0.1) is 0 Å². The molecule has 0 radical (unpaired) electrons. The first-order valence-electron chi connectivity index (χ1n) is 4.52. The summed E-state index contributed by atoms with van der Waals surface area (Å²) >= 11 is 0. The summed E-state index contributed by atoms with van der Waals surface area (Å²) in [6.07, 6.45) is 3.39. The van der Waals surface area contributed by atoms with Crippen molar-refractivity contribution in [3.8, 4) is 0 Å². The predicted octanol–water partition coefficient (Wildman–Crippen LogP) is 0.623. The van der Waals surface area contributed by atoms with Gasteiger partial charge in [0.2, 0.25) is 5.95 Å². The number of rotatable bonds is 6. The molecule has 82 valence electrons. The molecule has 6 heteroatoms. The third-order valence-electron chi connectivity index (χ3n) is 1.71. The van der Waals surface area contributed by atoms with Crippen molar-refractivity contribution in [2.75, 3.05) is 25.6 Å². The number of hydrogen-bond donors (Lipinski definition) is 2. The summed E-state index contributed by atoms with van der Waals surface area (Å²) in [5.74, 6) is -0.600. The van der Waals surface area contributed by atoms with E-state index in [2.05, 4.69) is 15.3 Å². The summed E-state index contributed by atoms with van der Waals surface area (Å²) in [6, 6.07) is 0. The molecule has 0 aliphatic heterocycles. The van der Waals surface area contributed by atoms with Gasteiger partial charge in [0.25, 0.3) is 0 Å². The summed E-state index contributed by atoms with van der Waals surface area (Å²) in [6.45, 7) is 1.36. The number of methoxy groups -OCH3 is 1. The normalized spacial score (nSPS) is 9.93. The van der Waals surface area contributed by atoms with Gasteiger partial charge in [-0.05, 0) is 6.42 Å². The molecule has 1 aromatic rings. The lowest BCUT2D eigenvalue weighted by atomic mass is 10.3. The molecule has 1 rings (SSSR count). The van der Waals surface area contributed by atoms with Gasteiger partial charge < -0.3 is 15.2 Å². The molecule has 0 unspecified atom stereocenters. The topological polar surface area (TPSA) is 84.3 Å². The highest BCUT2D eigenvalue weighted by Crippen LogP contribution is 1.99. The summed E-state index contributed by atoms with van der Waals surface area (Å²) in [4.78, 5) is 18.2. The second-order valence-corrected chi connectivity index (χ2v) is 2.87. The molecule has 1 heterocycles. The van der Waals surface area contributed by atoms with E-state index >= 15 is 0 Å². The van der Waals surface area contributed by atoms with Gasteiger partial charge in [-0.3, -0.25) is 0 Å². The Morgan fingerprint density at radius 2 is 2.20 bits per heavy atom. The van der Waals surface area contributed by atoms with Gasteiger partial charge in [-0.1, -0.05) is 0 Å². The van der Waals surface area contributed by atoms with Gasteiger partial charge in [0, 0.05) is 32.7 Å². The van der Waals surface area contributed by atoms with Crippen molar-refractivity contribution in [1.29, 1.82) is 0 Å². The van der Waals surface area contributed by atoms with Crippen LogP contribution in [0.4, 0.5) is 5.95 Å². The van der Waals surface area contributed by atoms with Gasteiger partial charge in [0.15, 0.2) is 0 Å². The van der Waals surface area contributed by atoms with Crippen molar-refractivity contribution in [3.63, 3.8) is 0 Å². The number of aromatic carboxylic acids is 1. The Morgan fingerprint density at radius 3 is 2.73 bits per heavy atom. The van der Waals surface area contributed by atoms with Gasteiger partial charge in [0.05, 0.1) is 5.56 Å². The van der Waals surface area contributed by atoms with Crippen LogP contribution in [0.15, 0.2) is 12.4 Å². The van der Waals surface area contributed by atoms with Crippen LogP contribution in [0.2, 0.25) is 0 Å². The number of carbonyl (C=O) groups is 1. The lowest BCUT2D eigenvalue weighted by Gasteiger charge is -2.03. The minimum absolute atomic E-state index is 0.0810. The number of aromatic nitrogens is 2. The van der Waals surface area contributed by atoms with Crippen molar-refractivity contribution in [2.24, 2.45) is 0 Å². The zero-order valence-electron chi connectivity index (χ0n) is 8.43. The van der Waals surface area contributed by atoms with E-state index in [1.54, 1.807) is 7.11 Å². The summed E-state index contributed by atoms with van der Waals surface area (Å²) in [5, 5.41) is 11.6. The monoisotopic (exact) mass is 211 g/mol. The van der Waals surface area contributed by atoms with Crippen molar-refractivity contribution in [2.45, 2.75) is 6.42 Å². The summed E-state index contributed by atoms with van der Waals surface area (Å²) < 4.78 is 4.87. The van der Waals surface area contributed by atoms with Crippen LogP contribution in [0.1, 0.15) is 16.8 Å². The maximum absolute atomic E-state index is 10.5. The SMILES string of the molecule is COCCCNc1ncc(C(=O)O)cn1. The van der Waals surface area contributed by atoms with E-state index in [-0.39, 0.29) is 5.56 Å². The lowest BCUT2D eigenvalue weighted by molar-refractivity contribution is 0.0696. The predicted molar refractivity (Wildman–Crippen MR) is 54.0 cm³/mol. The number of carboxylic acid groups (broad SMARTS) is 1. The zero-order valence-corrected chi connectivity index (χ0v) is 8.43. The number of carboxylic acids is 1. The van der Waals surface area contributed by atoms with Gasteiger partial charge in [-0.25, -0.2) is 14.8 Å². The van der Waals surface area contributed by atoms with Crippen LogP contribution in [0.25, 0.3) is 0 Å². The minimum atomic E-state index is -1.03. The molecule has 0 bridgehead atoms. The zero-order chi connectivity index (χ0) is 11.1. The lowest BCUT2D eigenvalue weighted by Crippen LogP contribution is -2.08. The highest BCUT2D eigenvalue weighted by atomic mass is 16.5. The third-order valence-corrected chi connectivity index (χ3v) is 1.71. The van der Waals surface area contributed by atoms with Crippen molar-refractivity contribution in [3.05, 3.63) is 18.0 Å². The Morgan fingerprint density at radius 1 is 1.53 bits per heavy atom. The van der Waals surface area contributed by atoms with Crippen LogP contribution in [-0.2, 0) is 4.74 Å². The van der Waals surface area contributed by atoms with Crippen LogP contribution >= 0.6 is 0 Å². The fraction of sp³-hybridized carbons (Fsp3) is 0.444. The van der Waals surface area contributed by atoms with Crippen LogP contribution in [-0.4, -0.2) is 41.3 Å². The Bertz CT molecular complexity index is 313. The quantitative estimate of drug-likeness (QED) is 0.671. The van der Waals surface area contributed by atoms with Crippen LogP contribution in [0.3, 0.4) is 0 Å². The smallest absolute Gasteiger partial charge is 0.338 e. The summed E-state index contributed by atoms with van der Waals surface area (Å²) in [7, 11) is 1.64. The standard InChI is InChI=1S/C9H13N3O3/c1-15-4-2-3-10-9-11-5-7(6-12-9)8(13)14/h5-6H,2-4H2,1H3,(H,13,14)(H,10,11,12). The number of hydrogen-bond acceptors (Lipinski definition) is 5. The highest BCUT2D eigenvalue weighted by molar-refractivity contribution is 5.86. The van der Waals surface area contributed by atoms with Gasteiger partial charge in [-0.2, -0.15) is 0 Å². The van der Waals surface area contributed by atoms with E-state index < -0.39 is 5.97 Å². The molecule has 1 aromatic heterocycles. The molecule has 0 fully saturated rings. The Labute approximate surface area is 87.3 Å². The molecule has 0 saturated carbocycles. The highest BCUT2D eigenvalue weighted by Gasteiger charge is 2.03. The molecule has 0 aliphatic rings. The van der Waals surface area contributed by atoms with Crippen LogP contribution < -0.4 is 5.32 Å². The first kappa shape index (κ1) is 11.4. The first-order valence-corrected chi connectivity index (χ1v) is 4.52. The molecule has 0 aliphatic carbocycles. The molecule has 0 saturated heterocycles. The number of nitrogens with zero attached hydrogens (tertiary/aromatic N) is 2. The molecule has 0 aromatic carbocycles. The molecule has 0 atom stereocenters.